The van der Waals surface area contributed by atoms with E-state index in [4.69, 9.17) is 20.9 Å². The number of hydrogen-bond acceptors (Lipinski definition) is 7. The third kappa shape index (κ3) is 5.01. The van der Waals surface area contributed by atoms with Gasteiger partial charge in [0, 0.05) is 18.2 Å². The zero-order valence-electron chi connectivity index (χ0n) is 20.5. The molecule has 2 aromatic rings. The minimum absolute atomic E-state index is 0.0420. The molecule has 0 N–H and O–H groups in total. The van der Waals surface area contributed by atoms with Crippen molar-refractivity contribution < 1.29 is 31.6 Å². The number of alkyl halides is 4. The van der Waals surface area contributed by atoms with E-state index in [-0.39, 0.29) is 29.0 Å². The van der Waals surface area contributed by atoms with Gasteiger partial charge in [-0.1, -0.05) is 16.8 Å². The summed E-state index contributed by atoms with van der Waals surface area (Å²) >= 11 is 5.98. The predicted octanol–water partition coefficient (Wildman–Crippen LogP) is 6.29. The number of aromatic nitrogens is 4. The predicted molar refractivity (Wildman–Crippen MR) is 121 cm³/mol. The number of ether oxygens (including phenoxy) is 1. The molecule has 0 atom stereocenters. The molecule has 36 heavy (non-hydrogen) atoms. The van der Waals surface area contributed by atoms with Crippen LogP contribution < -0.4 is 4.90 Å². The minimum atomic E-state index is -4.77. The van der Waals surface area contributed by atoms with Crippen molar-refractivity contribution in [2.45, 2.75) is 89.1 Å². The molecule has 2 bridgehead atoms. The van der Waals surface area contributed by atoms with Gasteiger partial charge in [-0.2, -0.15) is 18.2 Å². The van der Waals surface area contributed by atoms with Crippen molar-refractivity contribution in [2.75, 3.05) is 11.4 Å². The Hall–Kier alpha value is -2.50. The van der Waals surface area contributed by atoms with Gasteiger partial charge in [0.15, 0.2) is 11.5 Å². The second-order valence-electron chi connectivity index (χ2n) is 10.8. The molecule has 8 nitrogen and oxygen atoms in total. The van der Waals surface area contributed by atoms with Gasteiger partial charge in [0.1, 0.15) is 5.15 Å². The lowest BCUT2D eigenvalue weighted by atomic mass is 9.53. The molecule has 2 heterocycles. The summed E-state index contributed by atoms with van der Waals surface area (Å²) < 4.78 is 64.6. The van der Waals surface area contributed by atoms with E-state index >= 15 is 0 Å². The van der Waals surface area contributed by atoms with Crippen LogP contribution in [0.25, 0.3) is 0 Å². The average Bonchev–Trinajstić information content (AvgIpc) is 3.30. The van der Waals surface area contributed by atoms with Crippen molar-refractivity contribution in [1.29, 1.82) is 0 Å². The van der Waals surface area contributed by atoms with E-state index in [0.29, 0.717) is 44.3 Å². The zero-order chi connectivity index (χ0) is 26.6. The van der Waals surface area contributed by atoms with E-state index in [0.717, 1.165) is 18.7 Å². The number of nitrogens with zero attached hydrogens (tertiary/aromatic N) is 5. The van der Waals surface area contributed by atoms with Gasteiger partial charge in [0.2, 0.25) is 11.5 Å². The summed E-state index contributed by atoms with van der Waals surface area (Å²) in [6.07, 6.45) is -0.748. The molecule has 0 radical (unpaired) electrons. The first-order valence-electron chi connectivity index (χ1n) is 11.7. The minimum Gasteiger partial charge on any atom is -0.433 e. The molecule has 0 spiro atoms. The fourth-order valence-electron chi connectivity index (χ4n) is 4.86. The maximum absolute atomic E-state index is 14.3. The molecule has 1 amide bonds. The lowest BCUT2D eigenvalue weighted by Gasteiger charge is -2.53. The van der Waals surface area contributed by atoms with E-state index in [9.17, 15) is 22.4 Å². The summed E-state index contributed by atoms with van der Waals surface area (Å²) in [6, 6.07) is 1.40. The lowest BCUT2D eigenvalue weighted by molar-refractivity contribution is -0.243. The standard InChI is InChI=1S/C23H28ClF4N5O3/c1-19(2,25)16-31-15(32-36-16)22-9-6-21(7-10-22,8-11-22)13-33(17-29-12-5-14(24)30-17)18(34)35-20(3,4)23(26,27)28/h5,12H,6-11,13H2,1-4H3. The molecule has 13 heteroatoms. The molecule has 0 aromatic carbocycles. The van der Waals surface area contributed by atoms with Crippen LogP contribution in [-0.2, 0) is 15.8 Å². The van der Waals surface area contributed by atoms with Crippen LogP contribution in [0.5, 0.6) is 0 Å². The first-order valence-corrected chi connectivity index (χ1v) is 12.0. The Kier molecular flexibility index (Phi) is 6.50. The summed E-state index contributed by atoms with van der Waals surface area (Å²) in [7, 11) is 0. The number of hydrogen-bond donors (Lipinski definition) is 0. The number of carbonyl (C=O) groups is 1. The second-order valence-corrected chi connectivity index (χ2v) is 11.2. The normalized spacial score (nSPS) is 24.6. The molecule has 0 unspecified atom stereocenters. The van der Waals surface area contributed by atoms with E-state index in [1.54, 1.807) is 0 Å². The van der Waals surface area contributed by atoms with Crippen molar-refractivity contribution in [1.82, 2.24) is 20.1 Å². The Balaban J connectivity index is 1.56. The van der Waals surface area contributed by atoms with Gasteiger partial charge in [-0.3, -0.25) is 0 Å². The molecule has 2 aromatic heterocycles. The van der Waals surface area contributed by atoms with Crippen molar-refractivity contribution in [2.24, 2.45) is 5.41 Å². The van der Waals surface area contributed by atoms with Crippen molar-refractivity contribution in [3.05, 3.63) is 29.1 Å². The van der Waals surface area contributed by atoms with Gasteiger partial charge in [0.05, 0.1) is 0 Å². The number of rotatable bonds is 6. The third-order valence-corrected chi connectivity index (χ3v) is 7.61. The number of fused-ring (bicyclic) bond motifs is 3. The number of halogens is 5. The molecular weight excluding hydrogens is 506 g/mol. The van der Waals surface area contributed by atoms with E-state index < -0.39 is 29.0 Å². The van der Waals surface area contributed by atoms with Crippen LogP contribution in [0.2, 0.25) is 5.15 Å². The van der Waals surface area contributed by atoms with Crippen LogP contribution in [0.15, 0.2) is 16.8 Å². The molecule has 3 saturated carbocycles. The fourth-order valence-corrected chi connectivity index (χ4v) is 4.99. The number of anilines is 1. The molecule has 198 valence electrons. The highest BCUT2D eigenvalue weighted by atomic mass is 35.5. The van der Waals surface area contributed by atoms with Gasteiger partial charge in [-0.05, 0) is 77.7 Å². The molecule has 5 rings (SSSR count). The summed E-state index contributed by atoms with van der Waals surface area (Å²) in [5.74, 6) is 0.265. The maximum Gasteiger partial charge on any atom is 0.427 e. The highest BCUT2D eigenvalue weighted by molar-refractivity contribution is 6.29. The monoisotopic (exact) mass is 533 g/mol. The van der Waals surface area contributed by atoms with Gasteiger partial charge in [-0.25, -0.2) is 24.1 Å². The Labute approximate surface area is 210 Å². The largest absolute Gasteiger partial charge is 0.433 e. The molecule has 3 fully saturated rings. The van der Waals surface area contributed by atoms with E-state index in [1.165, 1.54) is 26.1 Å². The fraction of sp³-hybridized carbons (Fsp3) is 0.696. The number of amides is 1. The van der Waals surface area contributed by atoms with Crippen molar-refractivity contribution in [3.8, 4) is 0 Å². The highest BCUT2D eigenvalue weighted by Crippen LogP contribution is 2.57. The van der Waals surface area contributed by atoms with E-state index in [1.807, 2.05) is 0 Å². The summed E-state index contributed by atoms with van der Waals surface area (Å²) in [6.45, 7) is 4.33. The smallest absolute Gasteiger partial charge is 0.427 e. The Morgan fingerprint density at radius 1 is 1.08 bits per heavy atom. The quantitative estimate of drug-likeness (QED) is 0.318. The van der Waals surface area contributed by atoms with Crippen LogP contribution in [0.3, 0.4) is 0 Å². The first-order chi connectivity index (χ1) is 16.6. The van der Waals surface area contributed by atoms with Crippen LogP contribution in [0.4, 0.5) is 28.3 Å². The zero-order valence-corrected chi connectivity index (χ0v) is 21.2. The molecular formula is C23H28ClF4N5O3. The van der Waals surface area contributed by atoms with Crippen LogP contribution >= 0.6 is 11.6 Å². The summed E-state index contributed by atoms with van der Waals surface area (Å²) in [5.41, 5.74) is -5.24. The molecule has 0 saturated heterocycles. The first kappa shape index (κ1) is 26.6. The van der Waals surface area contributed by atoms with Crippen LogP contribution in [0.1, 0.15) is 77.9 Å². The number of carbonyl (C=O) groups excluding carboxylic acids is 1. The molecule has 0 aliphatic heterocycles. The van der Waals surface area contributed by atoms with Crippen LogP contribution in [0, 0.1) is 5.41 Å². The highest BCUT2D eigenvalue weighted by Gasteiger charge is 2.55. The third-order valence-electron chi connectivity index (χ3n) is 7.40. The topological polar surface area (TPSA) is 94.2 Å². The summed E-state index contributed by atoms with van der Waals surface area (Å²) in [4.78, 5) is 26.5. The Bertz CT molecular complexity index is 1110. The molecule has 3 aliphatic carbocycles. The van der Waals surface area contributed by atoms with Crippen LogP contribution in [-0.4, -0.2) is 44.5 Å². The van der Waals surface area contributed by atoms with Gasteiger partial charge in [-0.15, -0.1) is 0 Å². The van der Waals surface area contributed by atoms with Gasteiger partial charge in [0.25, 0.3) is 5.89 Å². The average molecular weight is 534 g/mol. The Morgan fingerprint density at radius 3 is 2.19 bits per heavy atom. The second kappa shape index (κ2) is 8.81. The molecule has 3 aliphatic rings. The van der Waals surface area contributed by atoms with Crippen molar-refractivity contribution in [3.63, 3.8) is 0 Å². The van der Waals surface area contributed by atoms with Crippen molar-refractivity contribution >= 4 is 23.6 Å². The van der Waals surface area contributed by atoms with E-state index in [2.05, 4.69) is 20.1 Å². The van der Waals surface area contributed by atoms with Gasteiger partial charge < -0.3 is 9.26 Å². The summed E-state index contributed by atoms with van der Waals surface area (Å²) in [5, 5.41) is 4.10. The Morgan fingerprint density at radius 2 is 1.69 bits per heavy atom. The lowest BCUT2D eigenvalue weighted by Crippen LogP contribution is -2.53. The maximum atomic E-state index is 14.3. The van der Waals surface area contributed by atoms with Gasteiger partial charge >= 0.3 is 12.3 Å². The SMILES string of the molecule is CC(C)(F)c1nc(C23CCC(CN(C(=O)OC(C)(C)C(F)(F)F)c4nccc(Cl)n4)(CC2)CC3)no1.